The molecule has 0 aliphatic rings. The van der Waals surface area contributed by atoms with Crippen LogP contribution in [0.25, 0.3) is 10.1 Å². The van der Waals surface area contributed by atoms with E-state index >= 15 is 0 Å². The van der Waals surface area contributed by atoms with Crippen LogP contribution in [0.2, 0.25) is 0 Å². The molecule has 14 heavy (non-hydrogen) atoms. The fourth-order valence-electron chi connectivity index (χ4n) is 1.21. The summed E-state index contributed by atoms with van der Waals surface area (Å²) in [4.78, 5) is 11.8. The van der Waals surface area contributed by atoms with E-state index in [2.05, 4.69) is 13.8 Å². The quantitative estimate of drug-likeness (QED) is 0.784. The second-order valence-corrected chi connectivity index (χ2v) is 6.04. The van der Waals surface area contributed by atoms with Gasteiger partial charge in [0.25, 0.3) is 5.56 Å². The smallest absolute Gasteiger partial charge is 0.267 e. The van der Waals surface area contributed by atoms with Gasteiger partial charge in [-0.2, -0.15) is 0 Å². The van der Waals surface area contributed by atoms with Gasteiger partial charge in [0.1, 0.15) is 0 Å². The van der Waals surface area contributed by atoms with Crippen LogP contribution in [-0.2, 0) is 0 Å². The fourth-order valence-corrected chi connectivity index (χ4v) is 3.47. The lowest BCUT2D eigenvalue weighted by atomic mass is 10.3. The number of aromatic nitrogens is 1. The predicted molar refractivity (Wildman–Crippen MR) is 64.2 cm³/mol. The van der Waals surface area contributed by atoms with Crippen LogP contribution in [0.1, 0.15) is 13.8 Å². The van der Waals surface area contributed by atoms with E-state index in [-0.39, 0.29) is 5.56 Å². The number of nitrogens with zero attached hydrogens (tertiary/aromatic N) is 1. The van der Waals surface area contributed by atoms with Gasteiger partial charge in [-0.3, -0.25) is 4.79 Å². The van der Waals surface area contributed by atoms with Crippen molar-refractivity contribution in [2.75, 3.05) is 0 Å². The molecule has 1 aromatic carbocycles. The second-order valence-electron chi connectivity index (χ2n) is 3.30. The predicted octanol–water partition coefficient (Wildman–Crippen LogP) is 2.97. The Morgan fingerprint density at radius 2 is 2.07 bits per heavy atom. The molecule has 0 saturated carbocycles. The summed E-state index contributed by atoms with van der Waals surface area (Å²) in [5, 5.41) is 1.26. The van der Waals surface area contributed by atoms with Crippen molar-refractivity contribution in [3.05, 3.63) is 34.6 Å². The Hall–Kier alpha value is -0.740. The van der Waals surface area contributed by atoms with Crippen LogP contribution in [0.3, 0.4) is 0 Å². The minimum Gasteiger partial charge on any atom is -0.267 e. The highest BCUT2D eigenvalue weighted by molar-refractivity contribution is 7.99. The molecule has 0 atom stereocenters. The van der Waals surface area contributed by atoms with Crippen molar-refractivity contribution in [3.8, 4) is 0 Å². The maximum absolute atomic E-state index is 11.8. The highest BCUT2D eigenvalue weighted by Crippen LogP contribution is 2.21. The van der Waals surface area contributed by atoms with E-state index in [4.69, 9.17) is 0 Å². The minimum atomic E-state index is 0.115. The van der Waals surface area contributed by atoms with Gasteiger partial charge in [0.2, 0.25) is 0 Å². The highest BCUT2D eigenvalue weighted by atomic mass is 32.2. The molecular weight excluding hydrogens is 214 g/mol. The SMILES string of the molecule is CC(C)Sn1sc2ccccc2c1=O. The van der Waals surface area contributed by atoms with Gasteiger partial charge in [0.15, 0.2) is 0 Å². The summed E-state index contributed by atoms with van der Waals surface area (Å²) in [6, 6.07) is 7.73. The molecule has 2 aromatic rings. The molecule has 0 spiro atoms. The first-order valence-electron chi connectivity index (χ1n) is 4.46. The summed E-state index contributed by atoms with van der Waals surface area (Å²) in [7, 11) is 0. The molecule has 0 unspecified atom stereocenters. The maximum Gasteiger partial charge on any atom is 0.278 e. The van der Waals surface area contributed by atoms with E-state index in [1.54, 1.807) is 15.3 Å². The van der Waals surface area contributed by atoms with Crippen LogP contribution in [0.4, 0.5) is 0 Å². The maximum atomic E-state index is 11.8. The van der Waals surface area contributed by atoms with Crippen molar-refractivity contribution in [2.24, 2.45) is 0 Å². The van der Waals surface area contributed by atoms with Gasteiger partial charge >= 0.3 is 0 Å². The third-order valence-corrected chi connectivity index (χ3v) is 3.92. The van der Waals surface area contributed by atoms with Gasteiger partial charge in [-0.05, 0) is 35.6 Å². The molecular formula is C10H11NOS2. The molecule has 0 N–H and O–H groups in total. The second kappa shape index (κ2) is 3.79. The van der Waals surface area contributed by atoms with Crippen LogP contribution in [0.5, 0.6) is 0 Å². The lowest BCUT2D eigenvalue weighted by Gasteiger charge is -2.00. The number of fused-ring (bicyclic) bond motifs is 1. The molecule has 74 valence electrons. The van der Waals surface area contributed by atoms with E-state index < -0.39 is 0 Å². The van der Waals surface area contributed by atoms with Crippen LogP contribution < -0.4 is 5.56 Å². The van der Waals surface area contributed by atoms with E-state index in [1.807, 2.05) is 24.3 Å². The van der Waals surface area contributed by atoms with Gasteiger partial charge in [-0.1, -0.05) is 26.0 Å². The van der Waals surface area contributed by atoms with Crippen LogP contribution >= 0.6 is 23.5 Å². The van der Waals surface area contributed by atoms with Crippen molar-refractivity contribution in [1.29, 1.82) is 0 Å². The molecule has 0 aliphatic heterocycles. The zero-order valence-corrected chi connectivity index (χ0v) is 9.69. The van der Waals surface area contributed by atoms with E-state index in [0.717, 1.165) is 10.1 Å². The van der Waals surface area contributed by atoms with Gasteiger partial charge in [-0.15, -0.1) is 0 Å². The van der Waals surface area contributed by atoms with Crippen molar-refractivity contribution in [2.45, 2.75) is 19.1 Å². The van der Waals surface area contributed by atoms with E-state index in [9.17, 15) is 4.79 Å². The Kier molecular flexibility index (Phi) is 2.65. The molecule has 0 radical (unpaired) electrons. The van der Waals surface area contributed by atoms with Gasteiger partial charge < -0.3 is 0 Å². The van der Waals surface area contributed by atoms with Crippen molar-refractivity contribution >= 4 is 33.6 Å². The van der Waals surface area contributed by atoms with Crippen LogP contribution in [0, 0.1) is 0 Å². The fraction of sp³-hybridized carbons (Fsp3) is 0.300. The van der Waals surface area contributed by atoms with Crippen molar-refractivity contribution in [3.63, 3.8) is 0 Å². The Balaban J connectivity index is 2.57. The first-order chi connectivity index (χ1) is 6.68. The first-order valence-corrected chi connectivity index (χ1v) is 6.07. The summed E-state index contributed by atoms with van der Waals surface area (Å²) in [5.74, 6) is 0. The zero-order valence-electron chi connectivity index (χ0n) is 8.06. The molecule has 0 amide bonds. The minimum absolute atomic E-state index is 0.115. The normalized spacial score (nSPS) is 11.4. The molecule has 1 heterocycles. The van der Waals surface area contributed by atoms with Crippen molar-refractivity contribution < 1.29 is 0 Å². The molecule has 4 heteroatoms. The van der Waals surface area contributed by atoms with E-state index in [0.29, 0.717) is 5.25 Å². The van der Waals surface area contributed by atoms with Gasteiger partial charge in [-0.25, -0.2) is 3.36 Å². The topological polar surface area (TPSA) is 22.0 Å². The molecule has 1 aromatic heterocycles. The summed E-state index contributed by atoms with van der Waals surface area (Å²) < 4.78 is 2.82. The Morgan fingerprint density at radius 3 is 2.71 bits per heavy atom. The lowest BCUT2D eigenvalue weighted by molar-refractivity contribution is 1.10. The summed E-state index contributed by atoms with van der Waals surface area (Å²) in [6.45, 7) is 4.17. The largest absolute Gasteiger partial charge is 0.278 e. The summed E-state index contributed by atoms with van der Waals surface area (Å²) >= 11 is 3.09. The standard InChI is InChI=1S/C10H11NOS2/c1-7(2)13-11-10(12)8-5-3-4-6-9(8)14-11/h3-7H,1-2H3. The monoisotopic (exact) mass is 225 g/mol. The zero-order chi connectivity index (χ0) is 10.1. The summed E-state index contributed by atoms with van der Waals surface area (Å²) in [5.41, 5.74) is 0.115. The van der Waals surface area contributed by atoms with Gasteiger partial charge in [0, 0.05) is 5.25 Å². The third kappa shape index (κ3) is 1.72. The number of rotatable bonds is 2. The average molecular weight is 225 g/mol. The third-order valence-electron chi connectivity index (χ3n) is 1.77. The Labute approximate surface area is 90.8 Å². The van der Waals surface area contributed by atoms with Crippen LogP contribution in [-0.4, -0.2) is 8.61 Å². The molecule has 0 aliphatic carbocycles. The van der Waals surface area contributed by atoms with E-state index in [1.165, 1.54) is 11.5 Å². The van der Waals surface area contributed by atoms with Crippen molar-refractivity contribution in [1.82, 2.24) is 3.36 Å². The molecule has 0 fully saturated rings. The number of benzene rings is 1. The van der Waals surface area contributed by atoms with Crippen LogP contribution in [0.15, 0.2) is 29.1 Å². The molecule has 0 bridgehead atoms. The molecule has 0 saturated heterocycles. The van der Waals surface area contributed by atoms with Gasteiger partial charge in [0.05, 0.1) is 10.1 Å². The first kappa shape index (κ1) is 9.80. The molecule has 2 nitrogen and oxygen atoms in total. The highest BCUT2D eigenvalue weighted by Gasteiger charge is 2.07. The Bertz CT molecular complexity index is 498. The summed E-state index contributed by atoms with van der Waals surface area (Å²) in [6.07, 6.45) is 0. The lowest BCUT2D eigenvalue weighted by Crippen LogP contribution is -2.09. The Morgan fingerprint density at radius 1 is 1.36 bits per heavy atom. The number of hydrogen-bond donors (Lipinski definition) is 0. The molecule has 2 rings (SSSR count). The number of hydrogen-bond acceptors (Lipinski definition) is 3. The average Bonchev–Trinajstić information content (AvgIpc) is 2.44.